The highest BCUT2D eigenvalue weighted by Crippen LogP contribution is 2.31. The standard InChI is InChI=1S/C15H15ClN2S/c1-2-12(14-8-5-9-19-14)18-13-7-4-3-6-11(13)17-15(18)10-16/h3-9,12H,2,10H2,1H3. The van der Waals surface area contributed by atoms with Crippen LogP contribution < -0.4 is 0 Å². The number of halogens is 1. The van der Waals surface area contributed by atoms with E-state index in [-0.39, 0.29) is 0 Å². The number of nitrogens with zero attached hydrogens (tertiary/aromatic N) is 2. The van der Waals surface area contributed by atoms with Gasteiger partial charge in [-0.15, -0.1) is 22.9 Å². The maximum absolute atomic E-state index is 6.09. The minimum atomic E-state index is 0.321. The molecule has 2 aromatic heterocycles. The maximum Gasteiger partial charge on any atom is 0.125 e. The van der Waals surface area contributed by atoms with E-state index in [1.165, 1.54) is 10.4 Å². The van der Waals surface area contributed by atoms with Gasteiger partial charge in [-0.2, -0.15) is 0 Å². The Hall–Kier alpha value is -1.32. The molecule has 0 N–H and O–H groups in total. The molecule has 1 atom stereocenters. The molecular formula is C15H15ClN2S. The van der Waals surface area contributed by atoms with Crippen LogP contribution >= 0.6 is 22.9 Å². The average molecular weight is 291 g/mol. The molecule has 1 unspecified atom stereocenters. The van der Waals surface area contributed by atoms with Crippen molar-refractivity contribution < 1.29 is 0 Å². The fraction of sp³-hybridized carbons (Fsp3) is 0.267. The molecule has 0 amide bonds. The first-order chi connectivity index (χ1) is 9.35. The van der Waals surface area contributed by atoms with Gasteiger partial charge >= 0.3 is 0 Å². The van der Waals surface area contributed by atoms with Crippen LogP contribution in [-0.2, 0) is 5.88 Å². The van der Waals surface area contributed by atoms with Crippen molar-refractivity contribution in [3.8, 4) is 0 Å². The lowest BCUT2D eigenvalue weighted by Gasteiger charge is -2.18. The van der Waals surface area contributed by atoms with Crippen LogP contribution in [-0.4, -0.2) is 9.55 Å². The van der Waals surface area contributed by atoms with Crippen LogP contribution in [0.25, 0.3) is 11.0 Å². The van der Waals surface area contributed by atoms with E-state index in [4.69, 9.17) is 11.6 Å². The van der Waals surface area contributed by atoms with Crippen LogP contribution in [0.15, 0.2) is 41.8 Å². The normalized spacial score (nSPS) is 12.9. The maximum atomic E-state index is 6.09. The van der Waals surface area contributed by atoms with Gasteiger partial charge in [0, 0.05) is 4.88 Å². The Morgan fingerprint density at radius 3 is 2.79 bits per heavy atom. The number of rotatable bonds is 4. The van der Waals surface area contributed by atoms with Crippen molar-refractivity contribution in [2.75, 3.05) is 0 Å². The Kier molecular flexibility index (Phi) is 3.58. The second-order valence-corrected chi connectivity index (χ2v) is 5.71. The van der Waals surface area contributed by atoms with Crippen molar-refractivity contribution in [2.24, 2.45) is 0 Å². The minimum Gasteiger partial charge on any atom is -0.319 e. The van der Waals surface area contributed by atoms with Crippen LogP contribution in [0.2, 0.25) is 0 Å². The molecule has 0 fully saturated rings. The highest BCUT2D eigenvalue weighted by Gasteiger charge is 2.19. The number of imidazole rings is 1. The van der Waals surface area contributed by atoms with Gasteiger partial charge in [0.1, 0.15) is 5.82 Å². The number of hydrogen-bond acceptors (Lipinski definition) is 2. The molecule has 0 bridgehead atoms. The zero-order valence-corrected chi connectivity index (χ0v) is 12.3. The Balaban J connectivity index is 2.22. The highest BCUT2D eigenvalue weighted by atomic mass is 35.5. The van der Waals surface area contributed by atoms with E-state index in [9.17, 15) is 0 Å². The number of thiophene rings is 1. The monoisotopic (exact) mass is 290 g/mol. The first-order valence-corrected chi connectivity index (χ1v) is 7.81. The molecule has 0 spiro atoms. The van der Waals surface area contributed by atoms with Gasteiger partial charge in [0.05, 0.1) is 23.0 Å². The lowest BCUT2D eigenvalue weighted by Crippen LogP contribution is -2.11. The summed E-state index contributed by atoms with van der Waals surface area (Å²) in [6.45, 7) is 2.21. The third-order valence-electron chi connectivity index (χ3n) is 3.36. The largest absolute Gasteiger partial charge is 0.319 e. The summed E-state index contributed by atoms with van der Waals surface area (Å²) in [5.41, 5.74) is 2.19. The number of fused-ring (bicyclic) bond motifs is 1. The Morgan fingerprint density at radius 2 is 2.11 bits per heavy atom. The van der Waals surface area contributed by atoms with Crippen molar-refractivity contribution in [1.82, 2.24) is 9.55 Å². The van der Waals surface area contributed by atoms with E-state index >= 15 is 0 Å². The van der Waals surface area contributed by atoms with Crippen molar-refractivity contribution in [1.29, 1.82) is 0 Å². The van der Waals surface area contributed by atoms with Gasteiger partial charge in [-0.1, -0.05) is 25.1 Å². The summed E-state index contributed by atoms with van der Waals surface area (Å²) in [5, 5.41) is 2.12. The number of benzene rings is 1. The first kappa shape index (κ1) is 12.7. The molecule has 4 heteroatoms. The van der Waals surface area contributed by atoms with Gasteiger partial charge in [0.15, 0.2) is 0 Å². The summed E-state index contributed by atoms with van der Waals surface area (Å²) in [7, 11) is 0. The molecule has 0 saturated carbocycles. The molecule has 2 nitrogen and oxygen atoms in total. The van der Waals surface area contributed by atoms with E-state index in [1.54, 1.807) is 11.3 Å². The van der Waals surface area contributed by atoms with Crippen LogP contribution in [0.1, 0.15) is 30.1 Å². The predicted molar refractivity (Wildman–Crippen MR) is 82.0 cm³/mol. The zero-order chi connectivity index (χ0) is 13.2. The quantitative estimate of drug-likeness (QED) is 0.629. The molecule has 0 aliphatic heterocycles. The summed E-state index contributed by atoms with van der Waals surface area (Å²) in [5.74, 6) is 1.39. The Bertz CT molecular complexity index is 673. The molecule has 2 heterocycles. The second-order valence-electron chi connectivity index (χ2n) is 4.46. The summed E-state index contributed by atoms with van der Waals surface area (Å²) >= 11 is 7.88. The Labute approximate surface area is 121 Å². The summed E-state index contributed by atoms with van der Waals surface area (Å²) in [6, 6.07) is 12.8. The molecule has 0 radical (unpaired) electrons. The van der Waals surface area contributed by atoms with Crippen LogP contribution in [0, 0.1) is 0 Å². The van der Waals surface area contributed by atoms with Gasteiger partial charge < -0.3 is 4.57 Å². The summed E-state index contributed by atoms with van der Waals surface area (Å²) in [6.07, 6.45) is 1.03. The average Bonchev–Trinajstić information content (AvgIpc) is 3.08. The molecule has 1 aromatic carbocycles. The van der Waals surface area contributed by atoms with Crippen molar-refractivity contribution in [3.63, 3.8) is 0 Å². The molecule has 3 rings (SSSR count). The van der Waals surface area contributed by atoms with Gasteiger partial charge in [0.25, 0.3) is 0 Å². The first-order valence-electron chi connectivity index (χ1n) is 6.40. The van der Waals surface area contributed by atoms with Gasteiger partial charge in [-0.05, 0) is 30.0 Å². The van der Waals surface area contributed by atoms with Crippen molar-refractivity contribution in [2.45, 2.75) is 25.3 Å². The van der Waals surface area contributed by atoms with E-state index in [0.717, 1.165) is 17.8 Å². The molecule has 0 aliphatic carbocycles. The fourth-order valence-corrected chi connectivity index (χ4v) is 3.62. The number of para-hydroxylation sites is 2. The third kappa shape index (κ3) is 2.17. The van der Waals surface area contributed by atoms with Crippen LogP contribution in [0.5, 0.6) is 0 Å². The number of aromatic nitrogens is 2. The number of alkyl halides is 1. The zero-order valence-electron chi connectivity index (χ0n) is 10.7. The van der Waals surface area contributed by atoms with Crippen molar-refractivity contribution >= 4 is 34.0 Å². The SMILES string of the molecule is CCC(c1cccs1)n1c(CCl)nc2ccccc21. The molecule has 3 aromatic rings. The van der Waals surface area contributed by atoms with Crippen molar-refractivity contribution in [3.05, 3.63) is 52.5 Å². The van der Waals surface area contributed by atoms with E-state index in [1.807, 2.05) is 12.1 Å². The van der Waals surface area contributed by atoms with Crippen LogP contribution in [0.3, 0.4) is 0 Å². The fourth-order valence-electron chi connectivity index (χ4n) is 2.53. The van der Waals surface area contributed by atoms with Gasteiger partial charge in [-0.25, -0.2) is 4.98 Å². The van der Waals surface area contributed by atoms with E-state index in [0.29, 0.717) is 11.9 Å². The lowest BCUT2D eigenvalue weighted by atomic mass is 10.1. The molecule has 0 saturated heterocycles. The summed E-state index contributed by atoms with van der Waals surface area (Å²) in [4.78, 5) is 6.00. The third-order valence-corrected chi connectivity index (χ3v) is 4.57. The topological polar surface area (TPSA) is 17.8 Å². The van der Waals surface area contributed by atoms with E-state index < -0.39 is 0 Å². The molecule has 19 heavy (non-hydrogen) atoms. The van der Waals surface area contributed by atoms with Crippen LogP contribution in [0.4, 0.5) is 0 Å². The number of hydrogen-bond donors (Lipinski definition) is 0. The molecular weight excluding hydrogens is 276 g/mol. The lowest BCUT2D eigenvalue weighted by molar-refractivity contribution is 0.574. The second kappa shape index (κ2) is 5.35. The van der Waals surface area contributed by atoms with Gasteiger partial charge in [0.2, 0.25) is 0 Å². The van der Waals surface area contributed by atoms with Gasteiger partial charge in [-0.3, -0.25) is 0 Å². The smallest absolute Gasteiger partial charge is 0.125 e. The summed E-state index contributed by atoms with van der Waals surface area (Å²) < 4.78 is 2.29. The van der Waals surface area contributed by atoms with E-state index in [2.05, 4.69) is 46.1 Å². The highest BCUT2D eigenvalue weighted by molar-refractivity contribution is 7.10. The molecule has 98 valence electrons. The molecule has 0 aliphatic rings. The predicted octanol–water partition coefficient (Wildman–Crippen LogP) is 4.84. The minimum absolute atomic E-state index is 0.321. The Morgan fingerprint density at radius 1 is 1.26 bits per heavy atom.